The van der Waals surface area contributed by atoms with Crippen molar-refractivity contribution in [2.24, 2.45) is 0 Å². The van der Waals surface area contributed by atoms with E-state index in [0.29, 0.717) is 5.56 Å². The number of halogens is 2. The number of furan rings is 2. The van der Waals surface area contributed by atoms with E-state index in [0.717, 1.165) is 51.4 Å². The van der Waals surface area contributed by atoms with Gasteiger partial charge >= 0.3 is 12.0 Å². The molecule has 2 aliphatic carbocycles. The molecule has 0 radical (unpaired) electrons. The molecule has 33 heavy (non-hydrogen) atoms. The van der Waals surface area contributed by atoms with Crippen molar-refractivity contribution >= 4 is 22.9 Å². The Morgan fingerprint density at radius 1 is 0.970 bits per heavy atom. The van der Waals surface area contributed by atoms with E-state index in [1.165, 1.54) is 18.8 Å². The molecule has 0 bridgehead atoms. The van der Waals surface area contributed by atoms with Crippen LogP contribution in [-0.4, -0.2) is 18.2 Å². The van der Waals surface area contributed by atoms with Gasteiger partial charge in [-0.25, -0.2) is 9.18 Å². The zero-order chi connectivity index (χ0) is 22.8. The summed E-state index contributed by atoms with van der Waals surface area (Å²) in [6.07, 6.45) is 9.85. The molecule has 0 saturated heterocycles. The molecule has 6 nitrogen and oxygen atoms in total. The number of nitrogens with one attached hydrogen (secondary N) is 2. The molecule has 0 aliphatic heterocycles. The molecule has 2 saturated carbocycles. The van der Waals surface area contributed by atoms with Crippen molar-refractivity contribution in [2.75, 3.05) is 5.32 Å². The number of urea groups is 1. The third kappa shape index (κ3) is 4.56. The topological polar surface area (TPSA) is 76.6 Å². The van der Waals surface area contributed by atoms with E-state index in [1.807, 2.05) is 0 Å². The number of ether oxygens (including phenoxy) is 1. The van der Waals surface area contributed by atoms with Crippen LogP contribution in [0.15, 0.2) is 39.4 Å². The number of carbonyl (C=O) groups excluding carboxylic acids is 1. The summed E-state index contributed by atoms with van der Waals surface area (Å²) in [4.78, 5) is 12.4. The zero-order valence-electron chi connectivity index (χ0n) is 18.4. The van der Waals surface area contributed by atoms with Gasteiger partial charge in [0.1, 0.15) is 6.10 Å². The second-order valence-corrected chi connectivity index (χ2v) is 9.01. The fourth-order valence-electron chi connectivity index (χ4n) is 5.11. The number of anilines is 1. The molecule has 2 N–H and O–H groups in total. The quantitative estimate of drug-likeness (QED) is 0.438. The smallest absolute Gasteiger partial charge is 0.319 e. The van der Waals surface area contributed by atoms with Crippen molar-refractivity contribution in [3.05, 3.63) is 47.9 Å². The first-order valence-corrected chi connectivity index (χ1v) is 11.8. The largest absolute Gasteiger partial charge is 0.487 e. The Labute approximate surface area is 190 Å². The van der Waals surface area contributed by atoms with E-state index in [-0.39, 0.29) is 40.7 Å². The predicted molar refractivity (Wildman–Crippen MR) is 119 cm³/mol. The molecule has 5 rings (SSSR count). The lowest BCUT2D eigenvalue weighted by atomic mass is 9.82. The highest BCUT2D eigenvalue weighted by molar-refractivity contribution is 5.98. The number of benzene rings is 1. The van der Waals surface area contributed by atoms with Gasteiger partial charge < -0.3 is 18.9 Å². The van der Waals surface area contributed by atoms with Crippen LogP contribution >= 0.6 is 0 Å². The maximum Gasteiger partial charge on any atom is 0.319 e. The van der Waals surface area contributed by atoms with Crippen molar-refractivity contribution < 1.29 is 27.1 Å². The molecule has 2 aromatic heterocycles. The second kappa shape index (κ2) is 9.45. The number of amides is 2. The maximum absolute atomic E-state index is 14.7. The molecule has 2 heterocycles. The molecular formula is C25H28F2N2O4. The number of para-hydroxylation sites is 1. The third-order valence-corrected chi connectivity index (χ3v) is 6.78. The molecule has 2 aliphatic rings. The lowest BCUT2D eigenvalue weighted by molar-refractivity contribution is 0.124. The Morgan fingerprint density at radius 3 is 2.55 bits per heavy atom. The van der Waals surface area contributed by atoms with Crippen molar-refractivity contribution in [1.29, 1.82) is 0 Å². The molecule has 1 unspecified atom stereocenters. The fourth-order valence-corrected chi connectivity index (χ4v) is 5.11. The van der Waals surface area contributed by atoms with Gasteiger partial charge in [-0.15, -0.1) is 0 Å². The van der Waals surface area contributed by atoms with Crippen LogP contribution in [0.5, 0.6) is 5.75 Å². The Balaban J connectivity index is 1.36. The zero-order valence-corrected chi connectivity index (χ0v) is 18.4. The number of rotatable bonds is 5. The summed E-state index contributed by atoms with van der Waals surface area (Å²) in [6, 6.07) is 5.03. The summed E-state index contributed by atoms with van der Waals surface area (Å²) < 4.78 is 45.9. The Hall–Kier alpha value is -3.03. The first kappa shape index (κ1) is 21.8. The van der Waals surface area contributed by atoms with Gasteiger partial charge in [0, 0.05) is 17.5 Å². The minimum absolute atomic E-state index is 0.0925. The number of hydrogen-bond acceptors (Lipinski definition) is 4. The molecule has 0 spiro atoms. The van der Waals surface area contributed by atoms with Crippen LogP contribution in [0, 0.1) is 11.8 Å². The molecule has 2 fully saturated rings. The van der Waals surface area contributed by atoms with Gasteiger partial charge in [-0.05, 0) is 44.2 Å². The highest BCUT2D eigenvalue weighted by Gasteiger charge is 2.34. The van der Waals surface area contributed by atoms with Crippen LogP contribution in [-0.2, 0) is 0 Å². The first-order chi connectivity index (χ1) is 16.1. The van der Waals surface area contributed by atoms with E-state index >= 15 is 0 Å². The van der Waals surface area contributed by atoms with Gasteiger partial charge in [0.2, 0.25) is 0 Å². The van der Waals surface area contributed by atoms with E-state index in [2.05, 4.69) is 10.6 Å². The Bertz CT molecular complexity index is 1120. The van der Waals surface area contributed by atoms with Gasteiger partial charge in [-0.2, -0.15) is 4.39 Å². The lowest BCUT2D eigenvalue weighted by Gasteiger charge is -2.31. The van der Waals surface area contributed by atoms with Crippen molar-refractivity contribution in [2.45, 2.75) is 75.9 Å². The van der Waals surface area contributed by atoms with Crippen LogP contribution in [0.3, 0.4) is 0 Å². The van der Waals surface area contributed by atoms with Gasteiger partial charge in [-0.3, -0.25) is 5.32 Å². The molecule has 8 heteroatoms. The van der Waals surface area contributed by atoms with E-state index in [9.17, 15) is 13.6 Å². The van der Waals surface area contributed by atoms with Crippen molar-refractivity contribution in [3.63, 3.8) is 0 Å². The van der Waals surface area contributed by atoms with Gasteiger partial charge in [0.25, 0.3) is 0 Å². The molecule has 1 aromatic carbocycles. The first-order valence-electron chi connectivity index (χ1n) is 11.8. The lowest BCUT2D eigenvalue weighted by Crippen LogP contribution is -2.39. The normalized spacial score (nSPS) is 21.8. The fraction of sp³-hybridized carbons (Fsp3) is 0.480. The third-order valence-electron chi connectivity index (χ3n) is 6.78. The van der Waals surface area contributed by atoms with Crippen LogP contribution in [0.2, 0.25) is 0 Å². The molecule has 176 valence electrons. The summed E-state index contributed by atoms with van der Waals surface area (Å²) in [5, 5.41) is 5.47. The minimum Gasteiger partial charge on any atom is -0.487 e. The minimum atomic E-state index is -0.897. The van der Waals surface area contributed by atoms with Gasteiger partial charge in [0.15, 0.2) is 28.4 Å². The van der Waals surface area contributed by atoms with E-state index in [1.54, 1.807) is 18.2 Å². The molecule has 2 atom stereocenters. The summed E-state index contributed by atoms with van der Waals surface area (Å²) in [5.74, 6) is -0.366. The summed E-state index contributed by atoms with van der Waals surface area (Å²) in [7, 11) is 0. The summed E-state index contributed by atoms with van der Waals surface area (Å²) in [6.45, 7) is 0. The summed E-state index contributed by atoms with van der Waals surface area (Å²) in [5.41, 5.74) is 0.989. The van der Waals surface area contributed by atoms with E-state index in [4.69, 9.17) is 13.6 Å². The summed E-state index contributed by atoms with van der Waals surface area (Å²) >= 11 is 0. The SMILES string of the molecule is O=C(Nc1c(F)oc2c(C3CCCC[C@@H]3Oc3ccccc3F)coc12)NC1CCCCC1. The number of hydrogen-bond donors (Lipinski definition) is 2. The average Bonchev–Trinajstić information content (AvgIpc) is 3.35. The molecular weight excluding hydrogens is 430 g/mol. The predicted octanol–water partition coefficient (Wildman–Crippen LogP) is 6.86. The van der Waals surface area contributed by atoms with Crippen molar-refractivity contribution in [1.82, 2.24) is 5.32 Å². The second-order valence-electron chi connectivity index (χ2n) is 9.01. The molecule has 2 amide bonds. The highest BCUT2D eigenvalue weighted by atomic mass is 19.1. The van der Waals surface area contributed by atoms with Crippen LogP contribution < -0.4 is 15.4 Å². The molecule has 3 aromatic rings. The van der Waals surface area contributed by atoms with Gasteiger partial charge in [0.05, 0.1) is 6.26 Å². The standard InChI is InChI=1S/C25H28F2N2O4/c26-18-11-5-7-13-20(18)32-19-12-6-4-10-16(19)17-14-31-23-21(24(27)33-22(17)23)29-25(30)28-15-8-2-1-3-9-15/h5,7,11,13-16,19H,1-4,6,8-10,12H2,(H2,28,29,30)/t16?,19-/m0/s1. The van der Waals surface area contributed by atoms with E-state index < -0.39 is 17.9 Å². The average molecular weight is 459 g/mol. The maximum atomic E-state index is 14.7. The van der Waals surface area contributed by atoms with Crippen molar-refractivity contribution in [3.8, 4) is 5.75 Å². The highest BCUT2D eigenvalue weighted by Crippen LogP contribution is 2.43. The van der Waals surface area contributed by atoms with Gasteiger partial charge in [-0.1, -0.05) is 37.8 Å². The number of fused-ring (bicyclic) bond motifs is 1. The Kier molecular flexibility index (Phi) is 6.24. The van der Waals surface area contributed by atoms with Crippen LogP contribution in [0.4, 0.5) is 19.3 Å². The number of carbonyl (C=O) groups is 1. The van der Waals surface area contributed by atoms with Crippen LogP contribution in [0.1, 0.15) is 69.3 Å². The monoisotopic (exact) mass is 458 g/mol. The van der Waals surface area contributed by atoms with Crippen LogP contribution in [0.25, 0.3) is 11.2 Å². The Morgan fingerprint density at radius 2 is 1.73 bits per heavy atom.